The minimum absolute atomic E-state index is 0.0251. The molecule has 4 N–H and O–H groups in total. The lowest BCUT2D eigenvalue weighted by Crippen LogP contribution is -2.47. The van der Waals surface area contributed by atoms with Crippen molar-refractivity contribution >= 4 is 29.6 Å². The predicted molar refractivity (Wildman–Crippen MR) is 90.8 cm³/mol. The molecule has 9 nitrogen and oxygen atoms in total. The average Bonchev–Trinajstić information content (AvgIpc) is 3.03. The van der Waals surface area contributed by atoms with Crippen LogP contribution in [0.2, 0.25) is 0 Å². The van der Waals surface area contributed by atoms with Crippen LogP contribution in [-0.4, -0.2) is 41.8 Å². The van der Waals surface area contributed by atoms with E-state index >= 15 is 0 Å². The SMILES string of the molecule is O=C(CNC(=O)OCc1ccccc1)N[C@@H](CC1C=C(Cl)NO1)C(=O)O. The van der Waals surface area contributed by atoms with Crippen molar-refractivity contribution in [2.24, 2.45) is 0 Å². The van der Waals surface area contributed by atoms with E-state index in [0.717, 1.165) is 5.56 Å². The van der Waals surface area contributed by atoms with Crippen LogP contribution in [0.3, 0.4) is 0 Å². The van der Waals surface area contributed by atoms with E-state index in [0.29, 0.717) is 0 Å². The highest BCUT2D eigenvalue weighted by Crippen LogP contribution is 2.14. The Kier molecular flexibility index (Phi) is 7.24. The highest BCUT2D eigenvalue weighted by molar-refractivity contribution is 6.29. The third-order valence-corrected chi connectivity index (χ3v) is 3.55. The Bertz CT molecular complexity index is 682. The third kappa shape index (κ3) is 6.61. The van der Waals surface area contributed by atoms with Gasteiger partial charge in [-0.15, -0.1) is 0 Å². The number of benzene rings is 1. The highest BCUT2D eigenvalue weighted by Gasteiger charge is 2.26. The van der Waals surface area contributed by atoms with E-state index in [4.69, 9.17) is 21.2 Å². The molecule has 0 radical (unpaired) electrons. The van der Waals surface area contributed by atoms with Gasteiger partial charge in [-0.2, -0.15) is 0 Å². The van der Waals surface area contributed by atoms with Crippen molar-refractivity contribution in [3.8, 4) is 0 Å². The Morgan fingerprint density at radius 3 is 2.65 bits per heavy atom. The van der Waals surface area contributed by atoms with Gasteiger partial charge in [-0.05, 0) is 11.6 Å². The number of nitrogens with one attached hydrogen (secondary N) is 3. The number of carbonyl (C=O) groups is 3. The second kappa shape index (κ2) is 9.64. The van der Waals surface area contributed by atoms with Crippen LogP contribution >= 0.6 is 11.6 Å². The van der Waals surface area contributed by atoms with Crippen LogP contribution in [0.5, 0.6) is 0 Å². The zero-order valence-electron chi connectivity index (χ0n) is 13.6. The molecule has 1 aliphatic heterocycles. The van der Waals surface area contributed by atoms with E-state index in [1.54, 1.807) is 12.1 Å². The molecule has 140 valence electrons. The summed E-state index contributed by atoms with van der Waals surface area (Å²) in [5.41, 5.74) is 3.18. The number of aliphatic carboxylic acids is 1. The largest absolute Gasteiger partial charge is 0.480 e. The maximum Gasteiger partial charge on any atom is 0.407 e. The number of rotatable bonds is 8. The van der Waals surface area contributed by atoms with E-state index in [1.807, 2.05) is 18.2 Å². The van der Waals surface area contributed by atoms with Gasteiger partial charge in [-0.3, -0.25) is 15.1 Å². The molecule has 0 aromatic heterocycles. The minimum atomic E-state index is -1.23. The van der Waals surface area contributed by atoms with Crippen molar-refractivity contribution < 1.29 is 29.1 Å². The van der Waals surface area contributed by atoms with E-state index < -0.39 is 36.7 Å². The number of carbonyl (C=O) groups excluding carboxylic acids is 2. The number of halogens is 1. The third-order valence-electron chi connectivity index (χ3n) is 3.35. The van der Waals surface area contributed by atoms with E-state index in [1.165, 1.54) is 6.08 Å². The molecule has 1 unspecified atom stereocenters. The van der Waals surface area contributed by atoms with Crippen molar-refractivity contribution in [3.05, 3.63) is 47.1 Å². The van der Waals surface area contributed by atoms with Crippen molar-refractivity contribution in [2.75, 3.05) is 6.54 Å². The second-order valence-corrected chi connectivity index (χ2v) is 5.79. The lowest BCUT2D eigenvalue weighted by molar-refractivity contribution is -0.142. The summed E-state index contributed by atoms with van der Waals surface area (Å²) in [5, 5.41) is 14.0. The fraction of sp³-hybridized carbons (Fsp3) is 0.312. The lowest BCUT2D eigenvalue weighted by atomic mass is 10.1. The van der Waals surface area contributed by atoms with Crippen molar-refractivity contribution in [3.63, 3.8) is 0 Å². The molecular formula is C16H18ClN3O6. The zero-order valence-corrected chi connectivity index (χ0v) is 14.4. The number of ether oxygens (including phenoxy) is 1. The summed E-state index contributed by atoms with van der Waals surface area (Å²) >= 11 is 5.66. The van der Waals surface area contributed by atoms with Gasteiger partial charge in [-0.25, -0.2) is 9.59 Å². The van der Waals surface area contributed by atoms with E-state index in [-0.39, 0.29) is 18.2 Å². The maximum atomic E-state index is 11.8. The highest BCUT2D eigenvalue weighted by atomic mass is 35.5. The number of hydroxylamine groups is 1. The number of hydrogen-bond donors (Lipinski definition) is 4. The Hall–Kier alpha value is -2.78. The molecule has 1 aliphatic rings. The summed E-state index contributed by atoms with van der Waals surface area (Å²) in [6.07, 6.45) is 0.0904. The fourth-order valence-corrected chi connectivity index (χ4v) is 2.29. The van der Waals surface area contributed by atoms with Crippen LogP contribution in [0.25, 0.3) is 0 Å². The predicted octanol–water partition coefficient (Wildman–Crippen LogP) is 0.856. The Balaban J connectivity index is 1.71. The summed E-state index contributed by atoms with van der Waals surface area (Å²) in [7, 11) is 0. The monoisotopic (exact) mass is 383 g/mol. The first-order valence-electron chi connectivity index (χ1n) is 7.69. The molecule has 2 amide bonds. The Labute approximate surface area is 154 Å². The lowest BCUT2D eigenvalue weighted by Gasteiger charge is -2.17. The minimum Gasteiger partial charge on any atom is -0.480 e. The average molecular weight is 384 g/mol. The summed E-state index contributed by atoms with van der Waals surface area (Å²) in [6, 6.07) is 7.83. The van der Waals surface area contributed by atoms with Gasteiger partial charge < -0.3 is 20.5 Å². The van der Waals surface area contributed by atoms with Gasteiger partial charge in [0.1, 0.15) is 30.5 Å². The number of carboxylic acid groups (broad SMARTS) is 1. The van der Waals surface area contributed by atoms with E-state index in [9.17, 15) is 19.5 Å². The van der Waals surface area contributed by atoms with Crippen LogP contribution in [0, 0.1) is 0 Å². The summed E-state index contributed by atoms with van der Waals surface area (Å²) in [4.78, 5) is 39.7. The summed E-state index contributed by atoms with van der Waals surface area (Å²) < 4.78 is 4.95. The van der Waals surface area contributed by atoms with Gasteiger partial charge in [0.15, 0.2) is 0 Å². The summed E-state index contributed by atoms with van der Waals surface area (Å²) in [5.74, 6) is -1.90. The quantitative estimate of drug-likeness (QED) is 0.490. The van der Waals surface area contributed by atoms with E-state index in [2.05, 4.69) is 16.1 Å². The first kappa shape index (κ1) is 19.5. The molecule has 0 saturated heterocycles. The number of amides is 2. The Morgan fingerprint density at radius 2 is 2.04 bits per heavy atom. The van der Waals surface area contributed by atoms with Crippen molar-refractivity contribution in [1.29, 1.82) is 0 Å². The fourth-order valence-electron chi connectivity index (χ4n) is 2.11. The molecule has 2 atom stereocenters. The van der Waals surface area contributed by atoms with Crippen LogP contribution in [0.15, 0.2) is 41.6 Å². The van der Waals surface area contributed by atoms with Crippen LogP contribution < -0.4 is 16.1 Å². The van der Waals surface area contributed by atoms with Crippen molar-refractivity contribution in [2.45, 2.75) is 25.2 Å². The molecule has 2 rings (SSSR count). The smallest absolute Gasteiger partial charge is 0.407 e. The molecule has 1 aromatic rings. The van der Waals surface area contributed by atoms with Crippen LogP contribution in [0.4, 0.5) is 4.79 Å². The van der Waals surface area contributed by atoms with Gasteiger partial charge in [0.05, 0.1) is 0 Å². The number of hydrogen-bond acceptors (Lipinski definition) is 6. The molecule has 1 aromatic carbocycles. The Morgan fingerprint density at radius 1 is 1.31 bits per heavy atom. The summed E-state index contributed by atoms with van der Waals surface area (Å²) in [6.45, 7) is -0.358. The standard InChI is InChI=1S/C16H18ClN3O6/c17-13-7-11(26-20-13)6-12(15(22)23)19-14(21)8-18-16(24)25-9-10-4-2-1-3-5-10/h1-5,7,11-12,20H,6,8-9H2,(H,18,24)(H,19,21)(H,22,23)/t11?,12-/m0/s1. The first-order valence-corrected chi connectivity index (χ1v) is 8.07. The number of alkyl carbamates (subject to hydrolysis) is 1. The van der Waals surface area contributed by atoms with Gasteiger partial charge >= 0.3 is 12.1 Å². The van der Waals surface area contributed by atoms with Crippen LogP contribution in [0.1, 0.15) is 12.0 Å². The van der Waals surface area contributed by atoms with Gasteiger partial charge in [0.25, 0.3) is 0 Å². The molecule has 0 fully saturated rings. The molecule has 0 aliphatic carbocycles. The second-order valence-electron chi connectivity index (χ2n) is 5.38. The molecular weight excluding hydrogens is 366 g/mol. The molecule has 0 bridgehead atoms. The topological polar surface area (TPSA) is 126 Å². The zero-order chi connectivity index (χ0) is 18.9. The van der Waals surface area contributed by atoms with Crippen LogP contribution in [-0.2, 0) is 25.8 Å². The molecule has 1 heterocycles. The molecule has 26 heavy (non-hydrogen) atoms. The molecule has 0 spiro atoms. The normalized spacial score (nSPS) is 16.8. The van der Waals surface area contributed by atoms with Gasteiger partial charge in [0, 0.05) is 6.42 Å². The maximum absolute atomic E-state index is 11.8. The van der Waals surface area contributed by atoms with Gasteiger partial charge in [0.2, 0.25) is 5.91 Å². The first-order chi connectivity index (χ1) is 12.4. The molecule has 0 saturated carbocycles. The van der Waals surface area contributed by atoms with Gasteiger partial charge in [-0.1, -0.05) is 41.9 Å². The molecule has 10 heteroatoms. The van der Waals surface area contributed by atoms with Crippen molar-refractivity contribution in [1.82, 2.24) is 16.1 Å². The number of carboxylic acids is 1.